The molecule has 1 atom stereocenters. The molecule has 30 heavy (non-hydrogen) atoms. The standard InChI is InChI=1S/C22H19N5O3/c1-12-9-20(27-26-12)23-11-18-17-10-15(5-8-19(17)25-22(18)30)21(29)14-3-6-16(7-4-14)24-13(2)28/h3-11,18H,1-2H3,(H,24,28)(H,25,30)(H,26,27). The van der Waals surface area contributed by atoms with Crippen LogP contribution in [0.2, 0.25) is 0 Å². The van der Waals surface area contributed by atoms with Gasteiger partial charge in [0.05, 0.1) is 0 Å². The first kappa shape index (κ1) is 19.3. The van der Waals surface area contributed by atoms with E-state index in [1.165, 1.54) is 13.1 Å². The van der Waals surface area contributed by atoms with Crippen LogP contribution in [0.4, 0.5) is 17.2 Å². The van der Waals surface area contributed by atoms with E-state index in [2.05, 4.69) is 25.8 Å². The van der Waals surface area contributed by atoms with Gasteiger partial charge >= 0.3 is 0 Å². The predicted octanol–water partition coefficient (Wildman–Crippen LogP) is 3.35. The smallest absolute Gasteiger partial charge is 0.237 e. The van der Waals surface area contributed by atoms with Crippen LogP contribution >= 0.6 is 0 Å². The van der Waals surface area contributed by atoms with Crippen molar-refractivity contribution in [3.63, 3.8) is 0 Å². The molecule has 1 aliphatic rings. The highest BCUT2D eigenvalue weighted by Crippen LogP contribution is 2.33. The van der Waals surface area contributed by atoms with Gasteiger partial charge in [0.15, 0.2) is 11.6 Å². The summed E-state index contributed by atoms with van der Waals surface area (Å²) >= 11 is 0. The molecule has 2 amide bonds. The highest BCUT2D eigenvalue weighted by Gasteiger charge is 2.30. The molecule has 0 bridgehead atoms. The second kappa shape index (κ2) is 7.75. The van der Waals surface area contributed by atoms with Crippen LogP contribution in [-0.4, -0.2) is 34.0 Å². The van der Waals surface area contributed by atoms with Gasteiger partial charge in [-0.3, -0.25) is 19.5 Å². The SMILES string of the molecule is CC(=O)Nc1ccc(C(=O)c2ccc3c(c2)C(C=Nc2cc(C)[nH]n2)C(=O)N3)cc1. The summed E-state index contributed by atoms with van der Waals surface area (Å²) in [6, 6.07) is 13.5. The Morgan fingerprint density at radius 1 is 1.10 bits per heavy atom. The molecule has 1 unspecified atom stereocenters. The van der Waals surface area contributed by atoms with E-state index < -0.39 is 5.92 Å². The quantitative estimate of drug-likeness (QED) is 0.449. The molecule has 4 rings (SSSR count). The van der Waals surface area contributed by atoms with Crippen LogP contribution < -0.4 is 10.6 Å². The van der Waals surface area contributed by atoms with E-state index in [1.807, 2.05) is 6.92 Å². The highest BCUT2D eigenvalue weighted by molar-refractivity contribution is 6.15. The fraction of sp³-hybridized carbons (Fsp3) is 0.136. The molecule has 1 aliphatic heterocycles. The number of aliphatic imine (C=N–C) groups is 1. The maximum absolute atomic E-state index is 12.9. The van der Waals surface area contributed by atoms with Crippen LogP contribution in [0.25, 0.3) is 0 Å². The van der Waals surface area contributed by atoms with Gasteiger partial charge in [-0.25, -0.2) is 4.99 Å². The van der Waals surface area contributed by atoms with Crippen molar-refractivity contribution in [3.05, 3.63) is 70.9 Å². The number of fused-ring (bicyclic) bond motifs is 1. The Labute approximate surface area is 172 Å². The Bertz CT molecular complexity index is 1180. The number of carbonyl (C=O) groups is 3. The first-order valence-electron chi connectivity index (χ1n) is 9.34. The summed E-state index contributed by atoms with van der Waals surface area (Å²) in [5, 5.41) is 12.3. The monoisotopic (exact) mass is 401 g/mol. The van der Waals surface area contributed by atoms with Crippen LogP contribution in [0.3, 0.4) is 0 Å². The van der Waals surface area contributed by atoms with E-state index in [0.29, 0.717) is 33.9 Å². The summed E-state index contributed by atoms with van der Waals surface area (Å²) in [5.41, 5.74) is 3.79. The van der Waals surface area contributed by atoms with Crippen molar-refractivity contribution < 1.29 is 14.4 Å². The zero-order valence-corrected chi connectivity index (χ0v) is 16.4. The summed E-state index contributed by atoms with van der Waals surface area (Å²) in [7, 11) is 0. The second-order valence-electron chi connectivity index (χ2n) is 7.04. The minimum atomic E-state index is -0.605. The molecule has 8 nitrogen and oxygen atoms in total. The number of amides is 2. The van der Waals surface area contributed by atoms with Crippen LogP contribution in [-0.2, 0) is 9.59 Å². The molecular formula is C22H19N5O3. The summed E-state index contributed by atoms with van der Waals surface area (Å²) in [5.74, 6) is -0.676. The topological polar surface area (TPSA) is 116 Å². The summed E-state index contributed by atoms with van der Waals surface area (Å²) in [6.07, 6.45) is 1.53. The lowest BCUT2D eigenvalue weighted by Crippen LogP contribution is -2.13. The fourth-order valence-corrected chi connectivity index (χ4v) is 3.27. The van der Waals surface area contributed by atoms with Crippen molar-refractivity contribution in [1.29, 1.82) is 0 Å². The number of aromatic amines is 1. The Morgan fingerprint density at radius 3 is 2.50 bits per heavy atom. The molecule has 150 valence electrons. The number of hydrogen-bond donors (Lipinski definition) is 3. The number of ketones is 1. The zero-order chi connectivity index (χ0) is 21.3. The van der Waals surface area contributed by atoms with Crippen LogP contribution in [0.15, 0.2) is 53.5 Å². The average molecular weight is 401 g/mol. The molecule has 0 radical (unpaired) electrons. The normalized spacial score (nSPS) is 15.1. The maximum atomic E-state index is 12.9. The van der Waals surface area contributed by atoms with E-state index in [4.69, 9.17) is 0 Å². The third kappa shape index (κ3) is 3.88. The second-order valence-corrected chi connectivity index (χ2v) is 7.04. The highest BCUT2D eigenvalue weighted by atomic mass is 16.2. The number of rotatable bonds is 5. The predicted molar refractivity (Wildman–Crippen MR) is 113 cm³/mol. The zero-order valence-electron chi connectivity index (χ0n) is 16.4. The van der Waals surface area contributed by atoms with Gasteiger partial charge in [0.25, 0.3) is 0 Å². The number of H-pyrrole nitrogens is 1. The van der Waals surface area contributed by atoms with Crippen molar-refractivity contribution in [2.24, 2.45) is 4.99 Å². The molecule has 0 aliphatic carbocycles. The molecule has 0 fully saturated rings. The van der Waals surface area contributed by atoms with E-state index in [1.54, 1.807) is 48.5 Å². The number of aromatic nitrogens is 2. The van der Waals surface area contributed by atoms with Gasteiger partial charge in [0, 0.05) is 47.4 Å². The minimum Gasteiger partial charge on any atom is -0.326 e. The van der Waals surface area contributed by atoms with Crippen molar-refractivity contribution in [3.8, 4) is 0 Å². The molecule has 2 heterocycles. The van der Waals surface area contributed by atoms with Crippen LogP contribution in [0, 0.1) is 6.92 Å². The van der Waals surface area contributed by atoms with Crippen molar-refractivity contribution in [2.75, 3.05) is 10.6 Å². The Kier molecular flexibility index (Phi) is 4.97. The largest absolute Gasteiger partial charge is 0.326 e. The Balaban J connectivity index is 1.59. The molecule has 8 heteroatoms. The average Bonchev–Trinajstić information content (AvgIpc) is 3.27. The van der Waals surface area contributed by atoms with Gasteiger partial charge in [0.2, 0.25) is 11.8 Å². The number of anilines is 2. The number of nitrogens with zero attached hydrogens (tertiary/aromatic N) is 2. The third-order valence-corrected chi connectivity index (χ3v) is 4.70. The number of carbonyl (C=O) groups excluding carboxylic acids is 3. The van der Waals surface area contributed by atoms with E-state index in [-0.39, 0.29) is 17.6 Å². The van der Waals surface area contributed by atoms with Crippen molar-refractivity contribution >= 4 is 41.0 Å². The number of aryl methyl sites for hydroxylation is 1. The lowest BCUT2D eigenvalue weighted by atomic mass is 9.96. The number of benzene rings is 2. The van der Waals surface area contributed by atoms with Gasteiger partial charge in [-0.05, 0) is 55.0 Å². The minimum absolute atomic E-state index is 0.176. The summed E-state index contributed by atoms with van der Waals surface area (Å²) in [6.45, 7) is 3.29. The molecule has 0 saturated carbocycles. The molecule has 3 aromatic rings. The van der Waals surface area contributed by atoms with E-state index in [0.717, 1.165) is 5.69 Å². The molecule has 0 saturated heterocycles. The lowest BCUT2D eigenvalue weighted by Gasteiger charge is -2.07. The Morgan fingerprint density at radius 2 is 1.83 bits per heavy atom. The maximum Gasteiger partial charge on any atom is 0.237 e. The first-order chi connectivity index (χ1) is 14.4. The molecule has 2 aromatic carbocycles. The Hall–Kier alpha value is -4.07. The summed E-state index contributed by atoms with van der Waals surface area (Å²) in [4.78, 5) is 40.7. The van der Waals surface area contributed by atoms with Crippen LogP contribution in [0.5, 0.6) is 0 Å². The van der Waals surface area contributed by atoms with Gasteiger partial charge in [-0.15, -0.1) is 0 Å². The summed E-state index contributed by atoms with van der Waals surface area (Å²) < 4.78 is 0. The van der Waals surface area contributed by atoms with Gasteiger partial charge in [-0.2, -0.15) is 5.10 Å². The fourth-order valence-electron chi connectivity index (χ4n) is 3.27. The van der Waals surface area contributed by atoms with Gasteiger partial charge in [0.1, 0.15) is 5.92 Å². The van der Waals surface area contributed by atoms with Crippen molar-refractivity contribution in [1.82, 2.24) is 10.2 Å². The number of hydrogen-bond acceptors (Lipinski definition) is 5. The molecular weight excluding hydrogens is 382 g/mol. The molecule has 0 spiro atoms. The third-order valence-electron chi connectivity index (χ3n) is 4.70. The number of nitrogens with one attached hydrogen (secondary N) is 3. The van der Waals surface area contributed by atoms with E-state index >= 15 is 0 Å². The van der Waals surface area contributed by atoms with E-state index in [9.17, 15) is 14.4 Å². The first-order valence-corrected chi connectivity index (χ1v) is 9.34. The molecule has 1 aromatic heterocycles. The van der Waals surface area contributed by atoms with Crippen LogP contribution in [0.1, 0.15) is 40.0 Å². The van der Waals surface area contributed by atoms with Crippen molar-refractivity contribution in [2.45, 2.75) is 19.8 Å². The lowest BCUT2D eigenvalue weighted by molar-refractivity contribution is -0.116. The van der Waals surface area contributed by atoms with Gasteiger partial charge in [-0.1, -0.05) is 0 Å². The molecule has 3 N–H and O–H groups in total. The van der Waals surface area contributed by atoms with Gasteiger partial charge < -0.3 is 10.6 Å².